The lowest BCUT2D eigenvalue weighted by molar-refractivity contribution is -0.142. The Kier molecular flexibility index (Phi) is 8.42. The molecule has 17 heavy (non-hydrogen) atoms. The van der Waals surface area contributed by atoms with Gasteiger partial charge in [0.2, 0.25) is 0 Å². The van der Waals surface area contributed by atoms with Crippen LogP contribution in [0.25, 0.3) is 0 Å². The summed E-state index contributed by atoms with van der Waals surface area (Å²) in [4.78, 5) is 10.7. The second kappa shape index (κ2) is 9.70. The van der Waals surface area contributed by atoms with Crippen LogP contribution in [0.15, 0.2) is 0 Å². The first-order chi connectivity index (χ1) is 8.33. The first-order valence-electron chi connectivity index (χ1n) is 5.86. The fourth-order valence-corrected chi connectivity index (χ4v) is 1.56. The van der Waals surface area contributed by atoms with Crippen molar-refractivity contribution in [2.24, 2.45) is 0 Å². The molecule has 0 bridgehead atoms. The van der Waals surface area contributed by atoms with Gasteiger partial charge in [-0.2, -0.15) is 12.6 Å². The van der Waals surface area contributed by atoms with Gasteiger partial charge in [-0.1, -0.05) is 0 Å². The second-order valence-electron chi connectivity index (χ2n) is 3.70. The molecule has 0 aromatic heterocycles. The van der Waals surface area contributed by atoms with Gasteiger partial charge in [-0.15, -0.1) is 0 Å². The molecule has 1 atom stereocenters. The minimum absolute atomic E-state index is 0.102. The molecule has 6 heteroatoms. The van der Waals surface area contributed by atoms with Gasteiger partial charge in [0.05, 0.1) is 38.3 Å². The number of thiol groups is 1. The Morgan fingerprint density at radius 2 is 2.00 bits per heavy atom. The third kappa shape index (κ3) is 7.59. The van der Waals surface area contributed by atoms with Crippen LogP contribution in [0.3, 0.4) is 0 Å². The number of rotatable bonds is 9. The average Bonchev–Trinajstić information content (AvgIpc) is 2.85. The van der Waals surface area contributed by atoms with Crippen molar-refractivity contribution >= 4 is 18.6 Å². The largest absolute Gasteiger partial charge is 0.463 e. The topological polar surface area (TPSA) is 54.0 Å². The lowest BCUT2D eigenvalue weighted by atomic mass is 10.2. The molecule has 0 aromatic carbocycles. The molecule has 1 unspecified atom stereocenters. The number of hydrogen-bond donors (Lipinski definition) is 1. The van der Waals surface area contributed by atoms with Gasteiger partial charge in [-0.25, -0.2) is 0 Å². The smallest absolute Gasteiger partial charge is 0.315 e. The zero-order chi connectivity index (χ0) is 12.3. The number of carbonyl (C=O) groups excluding carboxylic acids is 1. The van der Waals surface area contributed by atoms with E-state index in [1.54, 1.807) is 0 Å². The fraction of sp³-hybridized carbons (Fsp3) is 0.909. The maximum Gasteiger partial charge on any atom is 0.315 e. The Bertz CT molecular complexity index is 206. The van der Waals surface area contributed by atoms with Crippen LogP contribution in [0.1, 0.15) is 12.8 Å². The molecule has 0 aromatic rings. The molecule has 0 amide bonds. The van der Waals surface area contributed by atoms with Crippen LogP contribution in [0.4, 0.5) is 0 Å². The zero-order valence-electron chi connectivity index (χ0n) is 9.93. The van der Waals surface area contributed by atoms with Gasteiger partial charge in [0.15, 0.2) is 0 Å². The standard InChI is InChI=1S/C11H20O5S/c12-11(9-17)16-7-6-13-4-5-14-8-10-2-1-3-15-10/h10,17H,1-9H2. The van der Waals surface area contributed by atoms with Gasteiger partial charge in [-0.3, -0.25) is 4.79 Å². The van der Waals surface area contributed by atoms with Gasteiger partial charge < -0.3 is 18.9 Å². The summed E-state index contributed by atoms with van der Waals surface area (Å²) in [7, 11) is 0. The van der Waals surface area contributed by atoms with Gasteiger partial charge in [0.25, 0.3) is 0 Å². The predicted octanol–water partition coefficient (Wildman–Crippen LogP) is 0.672. The van der Waals surface area contributed by atoms with E-state index >= 15 is 0 Å². The summed E-state index contributed by atoms with van der Waals surface area (Å²) in [5, 5.41) is 0. The third-order valence-electron chi connectivity index (χ3n) is 2.32. The van der Waals surface area contributed by atoms with Crippen molar-refractivity contribution in [3.8, 4) is 0 Å². The summed E-state index contributed by atoms with van der Waals surface area (Å²) in [6.07, 6.45) is 2.47. The van der Waals surface area contributed by atoms with Crippen LogP contribution in [0, 0.1) is 0 Å². The molecule has 0 saturated carbocycles. The average molecular weight is 264 g/mol. The molecule has 1 heterocycles. The summed E-state index contributed by atoms with van der Waals surface area (Å²) in [6, 6.07) is 0. The van der Waals surface area contributed by atoms with E-state index < -0.39 is 0 Å². The van der Waals surface area contributed by atoms with Crippen molar-refractivity contribution < 1.29 is 23.7 Å². The van der Waals surface area contributed by atoms with Gasteiger partial charge >= 0.3 is 5.97 Å². The molecular weight excluding hydrogens is 244 g/mol. The summed E-state index contributed by atoms with van der Waals surface area (Å²) in [6.45, 7) is 3.19. The number of carbonyl (C=O) groups is 1. The van der Waals surface area contributed by atoms with Gasteiger partial charge in [-0.05, 0) is 12.8 Å². The molecule has 1 rings (SSSR count). The van der Waals surface area contributed by atoms with Crippen molar-refractivity contribution in [1.29, 1.82) is 0 Å². The minimum atomic E-state index is -0.327. The Morgan fingerprint density at radius 1 is 1.24 bits per heavy atom. The molecule has 1 saturated heterocycles. The lowest BCUT2D eigenvalue weighted by Crippen LogP contribution is -2.17. The minimum Gasteiger partial charge on any atom is -0.463 e. The van der Waals surface area contributed by atoms with E-state index in [0.717, 1.165) is 19.4 Å². The highest BCUT2D eigenvalue weighted by Crippen LogP contribution is 2.11. The Morgan fingerprint density at radius 3 is 2.71 bits per heavy atom. The molecule has 0 spiro atoms. The number of hydrogen-bond acceptors (Lipinski definition) is 6. The van der Waals surface area contributed by atoms with Crippen LogP contribution < -0.4 is 0 Å². The molecule has 0 radical (unpaired) electrons. The molecule has 0 aliphatic carbocycles. The molecule has 100 valence electrons. The Hall–Kier alpha value is -0.300. The van der Waals surface area contributed by atoms with Crippen LogP contribution in [-0.2, 0) is 23.7 Å². The number of ether oxygens (including phenoxy) is 4. The fourth-order valence-electron chi connectivity index (χ4n) is 1.47. The van der Waals surface area contributed by atoms with E-state index in [0.29, 0.717) is 26.4 Å². The quantitative estimate of drug-likeness (QED) is 0.377. The van der Waals surface area contributed by atoms with Crippen LogP contribution in [0.2, 0.25) is 0 Å². The van der Waals surface area contributed by atoms with Crippen LogP contribution in [-0.4, -0.2) is 57.5 Å². The highest BCUT2D eigenvalue weighted by atomic mass is 32.1. The molecule has 5 nitrogen and oxygen atoms in total. The highest BCUT2D eigenvalue weighted by molar-refractivity contribution is 7.81. The van der Waals surface area contributed by atoms with Crippen molar-refractivity contribution in [1.82, 2.24) is 0 Å². The SMILES string of the molecule is O=C(CS)OCCOCCOCC1CCCO1. The van der Waals surface area contributed by atoms with Crippen LogP contribution in [0.5, 0.6) is 0 Å². The normalized spacial score (nSPS) is 19.5. The van der Waals surface area contributed by atoms with Crippen molar-refractivity contribution in [2.45, 2.75) is 18.9 Å². The Balaban J connectivity index is 1.76. The van der Waals surface area contributed by atoms with E-state index in [2.05, 4.69) is 12.6 Å². The number of esters is 1. The monoisotopic (exact) mass is 264 g/mol. The van der Waals surface area contributed by atoms with E-state index in [-0.39, 0.29) is 24.4 Å². The first kappa shape index (κ1) is 14.8. The van der Waals surface area contributed by atoms with E-state index in [9.17, 15) is 4.79 Å². The maximum atomic E-state index is 10.7. The summed E-state index contributed by atoms with van der Waals surface area (Å²) < 4.78 is 20.8. The van der Waals surface area contributed by atoms with Crippen molar-refractivity contribution in [3.63, 3.8) is 0 Å². The third-order valence-corrected chi connectivity index (χ3v) is 2.58. The lowest BCUT2D eigenvalue weighted by Gasteiger charge is -2.10. The molecule has 1 aliphatic rings. The summed E-state index contributed by atoms with van der Waals surface area (Å²) >= 11 is 3.78. The van der Waals surface area contributed by atoms with Crippen LogP contribution >= 0.6 is 12.6 Å². The van der Waals surface area contributed by atoms with Gasteiger partial charge in [0.1, 0.15) is 6.61 Å². The molecule has 0 N–H and O–H groups in total. The highest BCUT2D eigenvalue weighted by Gasteiger charge is 2.14. The summed E-state index contributed by atoms with van der Waals surface area (Å²) in [5.41, 5.74) is 0. The van der Waals surface area contributed by atoms with E-state index in [1.165, 1.54) is 0 Å². The second-order valence-corrected chi connectivity index (χ2v) is 4.02. The summed E-state index contributed by atoms with van der Waals surface area (Å²) in [5.74, 6) is -0.226. The van der Waals surface area contributed by atoms with Crippen molar-refractivity contribution in [2.75, 3.05) is 45.4 Å². The molecular formula is C11H20O5S. The zero-order valence-corrected chi connectivity index (χ0v) is 10.8. The predicted molar refractivity (Wildman–Crippen MR) is 65.4 cm³/mol. The maximum absolute atomic E-state index is 10.7. The molecule has 1 aliphatic heterocycles. The van der Waals surface area contributed by atoms with E-state index in [4.69, 9.17) is 18.9 Å². The van der Waals surface area contributed by atoms with Gasteiger partial charge in [0, 0.05) is 6.61 Å². The first-order valence-corrected chi connectivity index (χ1v) is 6.49. The van der Waals surface area contributed by atoms with E-state index in [1.807, 2.05) is 0 Å². The van der Waals surface area contributed by atoms with Crippen molar-refractivity contribution in [3.05, 3.63) is 0 Å². The molecule has 1 fully saturated rings. The Labute approximate surface area is 107 Å².